The molecule has 0 aromatic carbocycles. The van der Waals surface area contributed by atoms with Crippen LogP contribution in [0.1, 0.15) is 30.6 Å². The van der Waals surface area contributed by atoms with Crippen LogP contribution < -0.4 is 11.1 Å². The summed E-state index contributed by atoms with van der Waals surface area (Å²) in [6, 6.07) is 2.66. The molecule has 7 nitrogen and oxygen atoms in total. The number of amides is 2. The average Bonchev–Trinajstić information content (AvgIpc) is 3.06. The summed E-state index contributed by atoms with van der Waals surface area (Å²) in [5, 5.41) is 2.67. The van der Waals surface area contributed by atoms with Crippen molar-refractivity contribution in [1.29, 1.82) is 0 Å². The van der Waals surface area contributed by atoms with Crippen molar-refractivity contribution >= 4 is 11.8 Å². The van der Waals surface area contributed by atoms with Gasteiger partial charge in [-0.15, -0.1) is 0 Å². The predicted octanol–water partition coefficient (Wildman–Crippen LogP) is 0.897. The van der Waals surface area contributed by atoms with Gasteiger partial charge in [0.2, 0.25) is 5.91 Å². The summed E-state index contributed by atoms with van der Waals surface area (Å²) in [5.41, 5.74) is 5.72. The minimum Gasteiger partial charge on any atom is -0.368 e. The zero-order valence-electron chi connectivity index (χ0n) is 12.6. The number of carbonyl (C=O) groups is 2. The normalized spacial score (nSPS) is 13.4. The van der Waals surface area contributed by atoms with E-state index in [1.165, 1.54) is 6.20 Å². The summed E-state index contributed by atoms with van der Waals surface area (Å²) < 4.78 is 1.73. The Balaban J connectivity index is 2.11. The van der Waals surface area contributed by atoms with Gasteiger partial charge in [-0.05, 0) is 18.1 Å². The predicted molar refractivity (Wildman–Crippen MR) is 81.3 cm³/mol. The SMILES string of the molecule is CCC(C)C(NC(=O)c1ccc(-n2ccnc2)nc1)C(N)=O. The van der Waals surface area contributed by atoms with Gasteiger partial charge in [-0.25, -0.2) is 9.97 Å². The van der Waals surface area contributed by atoms with Gasteiger partial charge in [0.05, 0.1) is 5.56 Å². The number of nitrogens with zero attached hydrogens (tertiary/aromatic N) is 3. The highest BCUT2D eigenvalue weighted by atomic mass is 16.2. The maximum atomic E-state index is 12.2. The Bertz CT molecular complexity index is 636. The van der Waals surface area contributed by atoms with Gasteiger partial charge in [-0.2, -0.15) is 0 Å². The van der Waals surface area contributed by atoms with Gasteiger partial charge in [0.1, 0.15) is 18.2 Å². The number of pyridine rings is 1. The molecule has 0 saturated heterocycles. The third-order valence-electron chi connectivity index (χ3n) is 3.59. The lowest BCUT2D eigenvalue weighted by Crippen LogP contribution is -2.48. The second-order valence-corrected chi connectivity index (χ2v) is 5.11. The lowest BCUT2D eigenvalue weighted by atomic mass is 9.98. The van der Waals surface area contributed by atoms with Crippen LogP contribution in [0.25, 0.3) is 5.82 Å². The zero-order valence-corrected chi connectivity index (χ0v) is 12.6. The topological polar surface area (TPSA) is 103 Å². The van der Waals surface area contributed by atoms with Crippen LogP contribution in [0.4, 0.5) is 0 Å². The Labute approximate surface area is 128 Å². The third-order valence-corrected chi connectivity index (χ3v) is 3.59. The molecule has 0 aliphatic heterocycles. The number of carbonyl (C=O) groups excluding carboxylic acids is 2. The number of aromatic nitrogens is 3. The third kappa shape index (κ3) is 3.49. The number of imidazole rings is 1. The van der Waals surface area contributed by atoms with Crippen molar-refractivity contribution in [2.24, 2.45) is 11.7 Å². The Morgan fingerprint density at radius 1 is 1.41 bits per heavy atom. The zero-order chi connectivity index (χ0) is 16.1. The lowest BCUT2D eigenvalue weighted by Gasteiger charge is -2.21. The average molecular weight is 301 g/mol. The van der Waals surface area contributed by atoms with Gasteiger partial charge in [0.15, 0.2) is 0 Å². The molecule has 0 radical (unpaired) electrons. The Morgan fingerprint density at radius 3 is 2.68 bits per heavy atom. The second-order valence-electron chi connectivity index (χ2n) is 5.11. The van der Waals surface area contributed by atoms with E-state index in [2.05, 4.69) is 15.3 Å². The van der Waals surface area contributed by atoms with Crippen molar-refractivity contribution < 1.29 is 9.59 Å². The van der Waals surface area contributed by atoms with Crippen LogP contribution in [0.2, 0.25) is 0 Å². The van der Waals surface area contributed by atoms with Crippen LogP contribution in [0.3, 0.4) is 0 Å². The number of primary amides is 1. The van der Waals surface area contributed by atoms with Gasteiger partial charge in [0.25, 0.3) is 5.91 Å². The molecule has 0 spiro atoms. The molecule has 0 aliphatic rings. The maximum absolute atomic E-state index is 12.2. The molecule has 2 heterocycles. The summed E-state index contributed by atoms with van der Waals surface area (Å²) in [4.78, 5) is 31.8. The fraction of sp³-hybridized carbons (Fsp3) is 0.333. The van der Waals surface area contributed by atoms with Crippen molar-refractivity contribution in [3.8, 4) is 5.82 Å². The van der Waals surface area contributed by atoms with E-state index in [0.29, 0.717) is 11.4 Å². The minimum absolute atomic E-state index is 0.0281. The van der Waals surface area contributed by atoms with Crippen LogP contribution in [0.5, 0.6) is 0 Å². The fourth-order valence-corrected chi connectivity index (χ4v) is 2.02. The minimum atomic E-state index is -0.689. The smallest absolute Gasteiger partial charge is 0.253 e. The second kappa shape index (κ2) is 6.84. The Kier molecular flexibility index (Phi) is 4.88. The summed E-state index contributed by atoms with van der Waals surface area (Å²) in [7, 11) is 0. The molecule has 3 N–H and O–H groups in total. The molecular formula is C15H19N5O2. The molecule has 2 unspecified atom stereocenters. The molecule has 0 saturated carbocycles. The standard InChI is InChI=1S/C15H19N5O2/c1-3-10(2)13(14(16)21)19-15(22)11-4-5-12(18-8-11)20-7-6-17-9-20/h4-10,13H,3H2,1-2H3,(H2,16,21)(H,19,22). The van der Waals surface area contributed by atoms with Gasteiger partial charge >= 0.3 is 0 Å². The van der Waals surface area contributed by atoms with E-state index in [0.717, 1.165) is 6.42 Å². The molecule has 2 aromatic heterocycles. The van der Waals surface area contributed by atoms with E-state index in [1.54, 1.807) is 35.4 Å². The molecule has 0 fully saturated rings. The summed E-state index contributed by atoms with van der Waals surface area (Å²) in [6.07, 6.45) is 7.22. The summed E-state index contributed by atoms with van der Waals surface area (Å²) >= 11 is 0. The van der Waals surface area contributed by atoms with Crippen LogP contribution >= 0.6 is 0 Å². The van der Waals surface area contributed by atoms with Gasteiger partial charge in [-0.3, -0.25) is 14.2 Å². The van der Waals surface area contributed by atoms with Crippen molar-refractivity contribution in [1.82, 2.24) is 19.9 Å². The molecule has 2 aromatic rings. The molecule has 7 heteroatoms. The molecule has 0 bridgehead atoms. The molecule has 2 amide bonds. The molecule has 2 rings (SSSR count). The molecule has 2 atom stereocenters. The lowest BCUT2D eigenvalue weighted by molar-refractivity contribution is -0.120. The molecular weight excluding hydrogens is 282 g/mol. The van der Waals surface area contributed by atoms with Crippen molar-refractivity contribution in [2.75, 3.05) is 0 Å². The van der Waals surface area contributed by atoms with Crippen molar-refractivity contribution in [3.63, 3.8) is 0 Å². The van der Waals surface area contributed by atoms with E-state index in [4.69, 9.17) is 5.73 Å². The fourth-order valence-electron chi connectivity index (χ4n) is 2.02. The Hall–Kier alpha value is -2.70. The maximum Gasteiger partial charge on any atom is 0.253 e. The van der Waals surface area contributed by atoms with Crippen molar-refractivity contribution in [2.45, 2.75) is 26.3 Å². The molecule has 22 heavy (non-hydrogen) atoms. The number of nitrogens with two attached hydrogens (primary N) is 1. The van der Waals surface area contributed by atoms with Crippen molar-refractivity contribution in [3.05, 3.63) is 42.6 Å². The van der Waals surface area contributed by atoms with Gasteiger partial charge < -0.3 is 11.1 Å². The van der Waals surface area contributed by atoms with E-state index >= 15 is 0 Å². The first-order chi connectivity index (χ1) is 10.5. The number of nitrogens with one attached hydrogen (secondary N) is 1. The van der Waals surface area contributed by atoms with Crippen LogP contribution in [-0.4, -0.2) is 32.4 Å². The number of hydrogen-bond acceptors (Lipinski definition) is 4. The van der Waals surface area contributed by atoms with Gasteiger partial charge in [-0.1, -0.05) is 20.3 Å². The van der Waals surface area contributed by atoms with E-state index in [9.17, 15) is 9.59 Å². The monoisotopic (exact) mass is 301 g/mol. The van der Waals surface area contributed by atoms with E-state index < -0.39 is 11.9 Å². The van der Waals surface area contributed by atoms with Crippen LogP contribution in [-0.2, 0) is 4.79 Å². The molecule has 0 aliphatic carbocycles. The highest BCUT2D eigenvalue weighted by molar-refractivity contribution is 5.97. The highest BCUT2D eigenvalue weighted by Gasteiger charge is 2.24. The summed E-state index contributed by atoms with van der Waals surface area (Å²) in [6.45, 7) is 3.81. The van der Waals surface area contributed by atoms with Crippen LogP contribution in [0.15, 0.2) is 37.1 Å². The number of rotatable bonds is 6. The number of hydrogen-bond donors (Lipinski definition) is 2. The largest absolute Gasteiger partial charge is 0.368 e. The van der Waals surface area contributed by atoms with Gasteiger partial charge in [0, 0.05) is 18.6 Å². The van der Waals surface area contributed by atoms with E-state index in [1.807, 2.05) is 13.8 Å². The molecule has 116 valence electrons. The Morgan fingerprint density at radius 2 is 2.18 bits per heavy atom. The van der Waals surface area contributed by atoms with E-state index in [-0.39, 0.29) is 11.8 Å². The summed E-state index contributed by atoms with van der Waals surface area (Å²) in [5.74, 6) is -0.276. The first kappa shape index (κ1) is 15.7. The first-order valence-corrected chi connectivity index (χ1v) is 7.07. The quantitative estimate of drug-likeness (QED) is 0.827. The first-order valence-electron chi connectivity index (χ1n) is 7.07. The highest BCUT2D eigenvalue weighted by Crippen LogP contribution is 2.10. The van der Waals surface area contributed by atoms with Crippen LogP contribution in [0, 0.1) is 5.92 Å².